The molecule has 1 aliphatic heterocycles. The topological polar surface area (TPSA) is 63.2 Å². The van der Waals surface area contributed by atoms with Gasteiger partial charge in [0.2, 0.25) is 0 Å². The summed E-state index contributed by atoms with van der Waals surface area (Å²) in [6, 6.07) is 8.07. The zero-order chi connectivity index (χ0) is 18.1. The highest BCUT2D eigenvalue weighted by Gasteiger charge is 2.28. The van der Waals surface area contributed by atoms with Gasteiger partial charge >= 0.3 is 5.97 Å². The third-order valence-electron chi connectivity index (χ3n) is 4.38. The number of carbonyl (C=O) groups is 1. The molecule has 1 heterocycles. The van der Waals surface area contributed by atoms with Crippen LogP contribution in [0.2, 0.25) is 0 Å². The molecule has 1 saturated heterocycles. The van der Waals surface area contributed by atoms with E-state index in [1.54, 1.807) is 14.2 Å². The van der Waals surface area contributed by atoms with Crippen molar-refractivity contribution in [1.82, 2.24) is 10.2 Å². The second-order valence-corrected chi connectivity index (χ2v) is 6.11. The van der Waals surface area contributed by atoms with Gasteiger partial charge in [-0.3, -0.25) is 9.79 Å². The summed E-state index contributed by atoms with van der Waals surface area (Å²) in [4.78, 5) is 18.5. The summed E-state index contributed by atoms with van der Waals surface area (Å²) in [6.07, 6.45) is 2.74. The summed E-state index contributed by atoms with van der Waals surface area (Å²) in [5.41, 5.74) is 1.21. The maximum absolute atomic E-state index is 12.0. The molecule has 1 unspecified atom stereocenters. The Morgan fingerprint density at radius 1 is 1.42 bits per heavy atom. The largest absolute Gasteiger partial charge is 0.497 e. The van der Waals surface area contributed by atoms with Gasteiger partial charge in [0.15, 0.2) is 5.96 Å². The first-order valence-electron chi connectivity index (χ1n) is 8.93. The van der Waals surface area contributed by atoms with E-state index in [2.05, 4.69) is 21.3 Å². The molecule has 2 rings (SSSR count). The molecule has 0 radical (unpaired) electrons. The number of halogens is 1. The van der Waals surface area contributed by atoms with Crippen LogP contribution in [0.25, 0.3) is 0 Å². The van der Waals surface area contributed by atoms with Crippen molar-refractivity contribution in [3.63, 3.8) is 0 Å². The van der Waals surface area contributed by atoms with E-state index in [1.807, 2.05) is 25.1 Å². The highest BCUT2D eigenvalue weighted by atomic mass is 127. The molecular weight excluding hydrogens is 445 g/mol. The van der Waals surface area contributed by atoms with Crippen molar-refractivity contribution in [2.45, 2.75) is 26.2 Å². The van der Waals surface area contributed by atoms with E-state index in [4.69, 9.17) is 9.47 Å². The van der Waals surface area contributed by atoms with Crippen LogP contribution in [0.1, 0.15) is 25.3 Å². The minimum atomic E-state index is -0.0981. The SMILES string of the molecule is CCOC(=O)C1CCCN(C(=NC)NCCc2cccc(OC)c2)C1.I. The Hall–Kier alpha value is -1.51. The number of hydrogen-bond acceptors (Lipinski definition) is 4. The molecule has 0 bridgehead atoms. The van der Waals surface area contributed by atoms with Crippen LogP contribution >= 0.6 is 24.0 Å². The van der Waals surface area contributed by atoms with Crippen molar-refractivity contribution in [2.24, 2.45) is 10.9 Å². The molecule has 1 aromatic carbocycles. The predicted molar refractivity (Wildman–Crippen MR) is 114 cm³/mol. The molecule has 0 saturated carbocycles. The molecule has 0 aliphatic carbocycles. The maximum Gasteiger partial charge on any atom is 0.310 e. The molecule has 1 aliphatic rings. The Bertz CT molecular complexity index is 595. The monoisotopic (exact) mass is 475 g/mol. The molecular formula is C19H30IN3O3. The highest BCUT2D eigenvalue weighted by molar-refractivity contribution is 14.0. The lowest BCUT2D eigenvalue weighted by Crippen LogP contribution is -2.48. The zero-order valence-corrected chi connectivity index (χ0v) is 18.2. The average molecular weight is 475 g/mol. The van der Waals surface area contributed by atoms with Crippen molar-refractivity contribution >= 4 is 35.9 Å². The van der Waals surface area contributed by atoms with E-state index in [1.165, 1.54) is 5.56 Å². The van der Waals surface area contributed by atoms with Gasteiger partial charge in [-0.2, -0.15) is 0 Å². The molecule has 7 heteroatoms. The molecule has 1 fully saturated rings. The van der Waals surface area contributed by atoms with E-state index in [0.717, 1.165) is 44.1 Å². The van der Waals surface area contributed by atoms with Crippen LogP contribution in [0.5, 0.6) is 5.75 Å². The number of nitrogens with one attached hydrogen (secondary N) is 1. The first kappa shape index (κ1) is 22.5. The minimum Gasteiger partial charge on any atom is -0.497 e. The highest BCUT2D eigenvalue weighted by Crippen LogP contribution is 2.18. The normalized spacial score (nSPS) is 17.3. The number of nitrogens with zero attached hydrogens (tertiary/aromatic N) is 2. The molecule has 6 nitrogen and oxygen atoms in total. The molecule has 1 aromatic rings. The Morgan fingerprint density at radius 3 is 2.92 bits per heavy atom. The Balaban J connectivity index is 0.00000338. The van der Waals surface area contributed by atoms with Gasteiger partial charge in [0, 0.05) is 26.7 Å². The van der Waals surface area contributed by atoms with Crippen LogP contribution in [0.3, 0.4) is 0 Å². The van der Waals surface area contributed by atoms with Gasteiger partial charge in [0.1, 0.15) is 5.75 Å². The summed E-state index contributed by atoms with van der Waals surface area (Å²) in [5.74, 6) is 1.55. The molecule has 1 N–H and O–H groups in total. The van der Waals surface area contributed by atoms with Gasteiger partial charge in [0.05, 0.1) is 19.6 Å². The van der Waals surface area contributed by atoms with Gasteiger partial charge in [-0.15, -0.1) is 24.0 Å². The van der Waals surface area contributed by atoms with Crippen molar-refractivity contribution in [2.75, 3.05) is 40.4 Å². The number of benzene rings is 1. The Labute approximate surface area is 173 Å². The molecule has 26 heavy (non-hydrogen) atoms. The second-order valence-electron chi connectivity index (χ2n) is 6.11. The van der Waals surface area contributed by atoms with Gasteiger partial charge in [-0.25, -0.2) is 0 Å². The number of aliphatic imine (C=N–C) groups is 1. The summed E-state index contributed by atoms with van der Waals surface area (Å²) in [7, 11) is 3.46. The van der Waals surface area contributed by atoms with Crippen molar-refractivity contribution in [3.8, 4) is 5.75 Å². The smallest absolute Gasteiger partial charge is 0.310 e. The van der Waals surface area contributed by atoms with Gasteiger partial charge in [0.25, 0.3) is 0 Å². The van der Waals surface area contributed by atoms with Crippen molar-refractivity contribution < 1.29 is 14.3 Å². The van der Waals surface area contributed by atoms with Gasteiger partial charge in [-0.1, -0.05) is 12.1 Å². The fraction of sp³-hybridized carbons (Fsp3) is 0.579. The molecule has 0 spiro atoms. The summed E-state index contributed by atoms with van der Waals surface area (Å²) in [6.45, 7) is 4.63. The van der Waals surface area contributed by atoms with Crippen LogP contribution < -0.4 is 10.1 Å². The van der Waals surface area contributed by atoms with Crippen LogP contribution in [-0.2, 0) is 16.0 Å². The lowest BCUT2D eigenvalue weighted by atomic mass is 9.98. The number of rotatable bonds is 6. The van der Waals surface area contributed by atoms with Crippen molar-refractivity contribution in [1.29, 1.82) is 0 Å². The number of likely N-dealkylation sites (tertiary alicyclic amines) is 1. The van der Waals surface area contributed by atoms with Crippen LogP contribution in [0, 0.1) is 5.92 Å². The van der Waals surface area contributed by atoms with E-state index < -0.39 is 0 Å². The molecule has 146 valence electrons. The van der Waals surface area contributed by atoms with E-state index in [9.17, 15) is 4.79 Å². The number of piperidine rings is 1. The standard InChI is InChI=1S/C19H29N3O3.HI/c1-4-25-18(23)16-8-6-12-22(14-16)19(20-2)21-11-10-15-7-5-9-17(13-15)24-3;/h5,7,9,13,16H,4,6,8,10-12,14H2,1-3H3,(H,20,21);1H. The van der Waals surface area contributed by atoms with Crippen LogP contribution in [0.4, 0.5) is 0 Å². The third-order valence-corrected chi connectivity index (χ3v) is 4.38. The Morgan fingerprint density at radius 2 is 2.23 bits per heavy atom. The van der Waals surface area contributed by atoms with E-state index >= 15 is 0 Å². The van der Waals surface area contributed by atoms with E-state index in [-0.39, 0.29) is 35.9 Å². The summed E-state index contributed by atoms with van der Waals surface area (Å²) >= 11 is 0. The molecule has 1 atom stereocenters. The summed E-state index contributed by atoms with van der Waals surface area (Å²) in [5, 5.41) is 3.40. The number of carbonyl (C=O) groups excluding carboxylic acids is 1. The molecule has 0 amide bonds. The van der Waals surface area contributed by atoms with Crippen LogP contribution in [-0.4, -0.2) is 57.2 Å². The Kier molecular flexibility index (Phi) is 10.4. The lowest BCUT2D eigenvalue weighted by Gasteiger charge is -2.34. The number of esters is 1. The number of guanidine groups is 1. The lowest BCUT2D eigenvalue weighted by molar-refractivity contribution is -0.149. The quantitative estimate of drug-likeness (QED) is 0.297. The predicted octanol–water partition coefficient (Wildman–Crippen LogP) is 2.71. The molecule has 0 aromatic heterocycles. The zero-order valence-electron chi connectivity index (χ0n) is 15.9. The number of hydrogen-bond donors (Lipinski definition) is 1. The fourth-order valence-electron chi connectivity index (χ4n) is 3.10. The van der Waals surface area contributed by atoms with Gasteiger partial charge in [-0.05, 0) is 43.9 Å². The minimum absolute atomic E-state index is 0. The second kappa shape index (κ2) is 12.0. The first-order valence-corrected chi connectivity index (χ1v) is 8.93. The average Bonchev–Trinajstić information content (AvgIpc) is 2.65. The fourth-order valence-corrected chi connectivity index (χ4v) is 3.10. The van der Waals surface area contributed by atoms with Crippen LogP contribution in [0.15, 0.2) is 29.3 Å². The number of methoxy groups -OCH3 is 1. The van der Waals surface area contributed by atoms with Gasteiger partial charge < -0.3 is 19.7 Å². The first-order chi connectivity index (χ1) is 12.2. The number of ether oxygens (including phenoxy) is 2. The van der Waals surface area contributed by atoms with E-state index in [0.29, 0.717) is 13.2 Å². The third kappa shape index (κ3) is 6.66. The summed E-state index contributed by atoms with van der Waals surface area (Å²) < 4.78 is 10.4. The van der Waals surface area contributed by atoms with Crippen molar-refractivity contribution in [3.05, 3.63) is 29.8 Å². The maximum atomic E-state index is 12.0.